The molecule has 2 atom stereocenters. The van der Waals surface area contributed by atoms with Crippen LogP contribution in [0.5, 0.6) is 5.75 Å². The molecular weight excluding hydrogens is 385 g/mol. The highest BCUT2D eigenvalue weighted by Gasteiger charge is 2.36. The molecule has 148 valence electrons. The Morgan fingerprint density at radius 3 is 2.26 bits per heavy atom. The van der Waals surface area contributed by atoms with E-state index in [-0.39, 0.29) is 18.3 Å². The molecular formula is C21H27Cl2NO3. The summed E-state index contributed by atoms with van der Waals surface area (Å²) in [6.45, 7) is 5.86. The molecule has 2 aromatic rings. The van der Waals surface area contributed by atoms with Gasteiger partial charge >= 0.3 is 0 Å². The third-order valence-electron chi connectivity index (χ3n) is 5.17. The number of aliphatic hydroxyl groups is 1. The Kier molecular flexibility index (Phi) is 7.95. The Balaban J connectivity index is 0.00000261. The zero-order valence-electron chi connectivity index (χ0n) is 15.7. The summed E-state index contributed by atoms with van der Waals surface area (Å²) in [5.74, 6) is 0.687. The summed E-state index contributed by atoms with van der Waals surface area (Å²) in [6.07, 6.45) is 0. The van der Waals surface area contributed by atoms with Gasteiger partial charge in [0, 0.05) is 30.6 Å². The first kappa shape index (κ1) is 22.0. The zero-order valence-corrected chi connectivity index (χ0v) is 17.3. The molecule has 2 aromatic carbocycles. The number of halogens is 2. The van der Waals surface area contributed by atoms with Crippen molar-refractivity contribution in [3.8, 4) is 5.75 Å². The average molecular weight is 412 g/mol. The van der Waals surface area contributed by atoms with Crippen molar-refractivity contribution in [2.45, 2.75) is 18.4 Å². The largest absolute Gasteiger partial charge is 0.497 e. The molecule has 6 heteroatoms. The number of morpholine rings is 1. The van der Waals surface area contributed by atoms with E-state index in [1.54, 1.807) is 7.11 Å². The van der Waals surface area contributed by atoms with Crippen LogP contribution >= 0.6 is 24.0 Å². The maximum Gasteiger partial charge on any atom is 0.118 e. The van der Waals surface area contributed by atoms with E-state index >= 15 is 0 Å². The molecule has 2 unspecified atom stereocenters. The Bertz CT molecular complexity index is 698. The first-order valence-electron chi connectivity index (χ1n) is 8.93. The Labute approximate surface area is 172 Å². The van der Waals surface area contributed by atoms with E-state index in [9.17, 15) is 5.11 Å². The van der Waals surface area contributed by atoms with Crippen molar-refractivity contribution < 1.29 is 14.6 Å². The van der Waals surface area contributed by atoms with Crippen LogP contribution in [0.1, 0.15) is 24.0 Å². The molecule has 4 nitrogen and oxygen atoms in total. The van der Waals surface area contributed by atoms with Crippen molar-refractivity contribution in [1.82, 2.24) is 4.90 Å². The number of hydrogen-bond acceptors (Lipinski definition) is 4. The maximum atomic E-state index is 11.5. The minimum atomic E-state index is -1.03. The van der Waals surface area contributed by atoms with Crippen molar-refractivity contribution >= 4 is 24.0 Å². The first-order valence-corrected chi connectivity index (χ1v) is 9.31. The normalized spacial score (nSPS) is 18.2. The molecule has 0 bridgehead atoms. The molecule has 0 amide bonds. The van der Waals surface area contributed by atoms with Gasteiger partial charge < -0.3 is 14.6 Å². The first-order chi connectivity index (χ1) is 12.5. The van der Waals surface area contributed by atoms with E-state index in [4.69, 9.17) is 21.1 Å². The minimum Gasteiger partial charge on any atom is -0.497 e. The number of hydrogen-bond donors (Lipinski definition) is 1. The summed E-state index contributed by atoms with van der Waals surface area (Å²) < 4.78 is 10.7. The van der Waals surface area contributed by atoms with Gasteiger partial charge in [0.15, 0.2) is 0 Å². The number of nitrogens with zero attached hydrogens (tertiary/aromatic N) is 1. The number of methoxy groups -OCH3 is 1. The van der Waals surface area contributed by atoms with Crippen LogP contribution in [0.25, 0.3) is 0 Å². The molecule has 27 heavy (non-hydrogen) atoms. The lowest BCUT2D eigenvalue weighted by atomic mass is 9.78. The quantitative estimate of drug-likeness (QED) is 0.776. The summed E-state index contributed by atoms with van der Waals surface area (Å²) in [6, 6.07) is 15.4. The fraction of sp³-hybridized carbons (Fsp3) is 0.429. The van der Waals surface area contributed by atoms with Gasteiger partial charge in [0.05, 0.1) is 25.9 Å². The molecule has 3 rings (SSSR count). The lowest BCUT2D eigenvalue weighted by molar-refractivity contribution is -0.0107. The molecule has 1 aliphatic rings. The van der Waals surface area contributed by atoms with Crippen molar-refractivity contribution in [3.05, 3.63) is 64.7 Å². The summed E-state index contributed by atoms with van der Waals surface area (Å²) in [5.41, 5.74) is 0.909. The molecule has 0 spiro atoms. The van der Waals surface area contributed by atoms with E-state index in [1.807, 2.05) is 55.5 Å². The second kappa shape index (κ2) is 9.76. The molecule has 1 aliphatic heterocycles. The summed E-state index contributed by atoms with van der Waals surface area (Å²) in [7, 11) is 1.64. The van der Waals surface area contributed by atoms with Crippen LogP contribution in [0, 0.1) is 0 Å². The molecule has 0 aromatic heterocycles. The van der Waals surface area contributed by atoms with Gasteiger partial charge in [-0.1, -0.05) is 35.9 Å². The Morgan fingerprint density at radius 1 is 1.11 bits per heavy atom. The zero-order chi connectivity index (χ0) is 18.6. The highest BCUT2D eigenvalue weighted by molar-refractivity contribution is 6.30. The van der Waals surface area contributed by atoms with E-state index < -0.39 is 5.60 Å². The van der Waals surface area contributed by atoms with Gasteiger partial charge in [-0.2, -0.15) is 0 Å². The Morgan fingerprint density at radius 2 is 1.70 bits per heavy atom. The van der Waals surface area contributed by atoms with Crippen LogP contribution in [0.15, 0.2) is 48.5 Å². The fourth-order valence-corrected chi connectivity index (χ4v) is 3.60. The standard InChI is InChI=1S/C21H26ClNO3.ClH/c1-21(24,17-5-9-19(25-2)10-6-17)20(15-23-11-13-26-14-12-23)16-3-7-18(22)8-4-16;/h3-10,20,24H,11-15H2,1-2H3;1H. The maximum absolute atomic E-state index is 11.5. The predicted octanol–water partition coefficient (Wildman–Crippen LogP) is 4.09. The molecule has 1 heterocycles. The highest BCUT2D eigenvalue weighted by Crippen LogP contribution is 2.38. The van der Waals surface area contributed by atoms with Gasteiger partial charge in [-0.05, 0) is 42.3 Å². The van der Waals surface area contributed by atoms with Crippen LogP contribution in [0.3, 0.4) is 0 Å². The number of rotatable bonds is 6. The van der Waals surface area contributed by atoms with Gasteiger partial charge in [-0.25, -0.2) is 0 Å². The molecule has 1 N–H and O–H groups in total. The third kappa shape index (κ3) is 5.37. The van der Waals surface area contributed by atoms with Crippen LogP contribution in [-0.4, -0.2) is 50.0 Å². The molecule has 1 saturated heterocycles. The monoisotopic (exact) mass is 411 g/mol. The summed E-state index contributed by atoms with van der Waals surface area (Å²) in [4.78, 5) is 2.35. The van der Waals surface area contributed by atoms with Crippen LogP contribution in [0.2, 0.25) is 5.02 Å². The molecule has 0 saturated carbocycles. The average Bonchev–Trinajstić information content (AvgIpc) is 2.68. The van der Waals surface area contributed by atoms with Crippen molar-refractivity contribution in [1.29, 1.82) is 0 Å². The van der Waals surface area contributed by atoms with Crippen molar-refractivity contribution in [3.63, 3.8) is 0 Å². The van der Waals surface area contributed by atoms with E-state index in [1.165, 1.54) is 0 Å². The predicted molar refractivity (Wildman–Crippen MR) is 111 cm³/mol. The number of benzene rings is 2. The summed E-state index contributed by atoms with van der Waals surface area (Å²) >= 11 is 6.07. The van der Waals surface area contributed by atoms with E-state index in [0.717, 1.165) is 49.7 Å². The topological polar surface area (TPSA) is 41.9 Å². The second-order valence-corrected chi connectivity index (χ2v) is 7.33. The second-order valence-electron chi connectivity index (χ2n) is 6.89. The minimum absolute atomic E-state index is 0. The van der Waals surface area contributed by atoms with Crippen LogP contribution in [0.4, 0.5) is 0 Å². The van der Waals surface area contributed by atoms with Crippen molar-refractivity contribution in [2.75, 3.05) is 40.0 Å². The molecule has 1 fully saturated rings. The summed E-state index contributed by atoms with van der Waals surface area (Å²) in [5, 5.41) is 12.2. The van der Waals surface area contributed by atoms with Gasteiger partial charge in [-0.15, -0.1) is 12.4 Å². The van der Waals surface area contributed by atoms with Gasteiger partial charge in [0.1, 0.15) is 5.75 Å². The van der Waals surface area contributed by atoms with Crippen LogP contribution < -0.4 is 4.74 Å². The highest BCUT2D eigenvalue weighted by atomic mass is 35.5. The van der Waals surface area contributed by atoms with Gasteiger partial charge in [0.25, 0.3) is 0 Å². The Hall–Kier alpha value is -1.30. The molecule has 0 radical (unpaired) electrons. The lowest BCUT2D eigenvalue weighted by Crippen LogP contribution is -2.43. The van der Waals surface area contributed by atoms with Gasteiger partial charge in [-0.3, -0.25) is 4.90 Å². The van der Waals surface area contributed by atoms with Crippen molar-refractivity contribution in [2.24, 2.45) is 0 Å². The molecule has 0 aliphatic carbocycles. The smallest absolute Gasteiger partial charge is 0.118 e. The lowest BCUT2D eigenvalue weighted by Gasteiger charge is -2.38. The van der Waals surface area contributed by atoms with Crippen LogP contribution in [-0.2, 0) is 10.3 Å². The fourth-order valence-electron chi connectivity index (χ4n) is 3.47. The third-order valence-corrected chi connectivity index (χ3v) is 5.42. The van der Waals surface area contributed by atoms with E-state index in [0.29, 0.717) is 5.02 Å². The SMILES string of the molecule is COc1ccc(C(C)(O)C(CN2CCOCC2)c2ccc(Cl)cc2)cc1.Cl. The number of ether oxygens (including phenoxy) is 2. The van der Waals surface area contributed by atoms with Gasteiger partial charge in [0.2, 0.25) is 0 Å². The van der Waals surface area contributed by atoms with E-state index in [2.05, 4.69) is 4.90 Å².